The Hall–Kier alpha value is -3.19. The van der Waals surface area contributed by atoms with Crippen LogP contribution in [0.5, 0.6) is 5.75 Å². The van der Waals surface area contributed by atoms with Crippen LogP contribution in [-0.2, 0) is 6.42 Å². The summed E-state index contributed by atoms with van der Waals surface area (Å²) in [5.41, 5.74) is 9.34. The Labute approximate surface area is 134 Å². The monoisotopic (exact) mass is 304 g/mol. The van der Waals surface area contributed by atoms with Gasteiger partial charge in [0, 0.05) is 18.1 Å². The Bertz CT molecular complexity index is 844. The Morgan fingerprint density at radius 2 is 2.04 bits per heavy atom. The van der Waals surface area contributed by atoms with Crippen molar-refractivity contribution in [2.45, 2.75) is 6.42 Å². The molecule has 1 aromatic heterocycles. The fraction of sp³-hybridized carbons (Fsp3) is 0.105. The molecule has 114 valence electrons. The van der Waals surface area contributed by atoms with Gasteiger partial charge in [-0.05, 0) is 11.6 Å². The number of nitrogen functional groups attached to an aromatic ring is 1. The Kier molecular flexibility index (Phi) is 4.30. The second-order valence-corrected chi connectivity index (χ2v) is 4.97. The molecule has 3 rings (SSSR count). The molecule has 0 amide bonds. The number of oxazole rings is 1. The van der Waals surface area contributed by atoms with E-state index in [4.69, 9.17) is 14.9 Å². The van der Waals surface area contributed by atoms with Crippen LogP contribution in [0.15, 0.2) is 59.5 Å². The topological polar surface area (TPSA) is 61.3 Å². The van der Waals surface area contributed by atoms with Crippen LogP contribution in [0.1, 0.15) is 11.1 Å². The quantitative estimate of drug-likeness (QED) is 0.594. The molecule has 2 aromatic carbocycles. The zero-order chi connectivity index (χ0) is 16.1. The van der Waals surface area contributed by atoms with Gasteiger partial charge in [0.25, 0.3) is 0 Å². The fourth-order valence-corrected chi connectivity index (χ4v) is 2.25. The van der Waals surface area contributed by atoms with Gasteiger partial charge in [-0.15, -0.1) is 0 Å². The van der Waals surface area contributed by atoms with Crippen molar-refractivity contribution in [3.8, 4) is 28.9 Å². The number of hydrogen-bond acceptors (Lipinski definition) is 4. The van der Waals surface area contributed by atoms with E-state index in [1.807, 2.05) is 36.4 Å². The number of rotatable bonds is 3. The molecule has 0 aliphatic rings. The molecule has 23 heavy (non-hydrogen) atoms. The van der Waals surface area contributed by atoms with Gasteiger partial charge in [-0.25, -0.2) is 4.98 Å². The van der Waals surface area contributed by atoms with Crippen LogP contribution in [0, 0.1) is 11.8 Å². The molecular formula is C19H16N2O2. The first kappa shape index (κ1) is 14.7. The van der Waals surface area contributed by atoms with Crippen LogP contribution in [0.25, 0.3) is 11.3 Å². The summed E-state index contributed by atoms with van der Waals surface area (Å²) in [6.45, 7) is 0. The van der Waals surface area contributed by atoms with E-state index < -0.39 is 0 Å². The van der Waals surface area contributed by atoms with Gasteiger partial charge in [-0.1, -0.05) is 42.2 Å². The largest absolute Gasteiger partial charge is 0.496 e. The summed E-state index contributed by atoms with van der Waals surface area (Å²) in [6, 6.07) is 13.7. The highest BCUT2D eigenvalue weighted by molar-refractivity contribution is 5.73. The van der Waals surface area contributed by atoms with Crippen molar-refractivity contribution in [2.24, 2.45) is 0 Å². The average molecular weight is 304 g/mol. The number of aromatic nitrogens is 1. The average Bonchev–Trinajstić information content (AvgIpc) is 3.11. The number of benzene rings is 2. The lowest BCUT2D eigenvalue weighted by molar-refractivity contribution is 0.415. The van der Waals surface area contributed by atoms with Gasteiger partial charge in [0.05, 0.1) is 24.6 Å². The number of anilines is 1. The minimum Gasteiger partial charge on any atom is -0.496 e. The van der Waals surface area contributed by atoms with Crippen molar-refractivity contribution in [2.75, 3.05) is 12.8 Å². The Morgan fingerprint density at radius 3 is 2.74 bits per heavy atom. The van der Waals surface area contributed by atoms with Gasteiger partial charge < -0.3 is 14.9 Å². The molecule has 0 radical (unpaired) electrons. The van der Waals surface area contributed by atoms with E-state index >= 15 is 0 Å². The van der Waals surface area contributed by atoms with Crippen molar-refractivity contribution < 1.29 is 9.15 Å². The van der Waals surface area contributed by atoms with E-state index in [-0.39, 0.29) is 0 Å². The van der Waals surface area contributed by atoms with E-state index in [1.54, 1.807) is 19.4 Å². The molecule has 3 aromatic rings. The van der Waals surface area contributed by atoms with Crippen molar-refractivity contribution in [1.29, 1.82) is 0 Å². The van der Waals surface area contributed by atoms with Crippen molar-refractivity contribution in [3.63, 3.8) is 0 Å². The van der Waals surface area contributed by atoms with E-state index in [2.05, 4.69) is 16.8 Å². The van der Waals surface area contributed by atoms with E-state index in [0.717, 1.165) is 11.1 Å². The molecule has 0 saturated heterocycles. The molecule has 2 N–H and O–H groups in total. The SMILES string of the molecule is COc1cc(N)c(C#CCc2ccccc2)cc1-c1cnco1. The Morgan fingerprint density at radius 1 is 1.22 bits per heavy atom. The highest BCUT2D eigenvalue weighted by atomic mass is 16.5. The van der Waals surface area contributed by atoms with Crippen LogP contribution in [0.3, 0.4) is 0 Å². The van der Waals surface area contributed by atoms with Crippen molar-refractivity contribution in [3.05, 3.63) is 66.2 Å². The zero-order valence-corrected chi connectivity index (χ0v) is 12.7. The smallest absolute Gasteiger partial charge is 0.181 e. The highest BCUT2D eigenvalue weighted by Crippen LogP contribution is 2.33. The third-order valence-electron chi connectivity index (χ3n) is 3.43. The van der Waals surface area contributed by atoms with Crippen LogP contribution < -0.4 is 10.5 Å². The van der Waals surface area contributed by atoms with Gasteiger partial charge in [-0.2, -0.15) is 0 Å². The molecule has 0 saturated carbocycles. The van der Waals surface area contributed by atoms with Crippen LogP contribution in [0.4, 0.5) is 5.69 Å². The first-order chi connectivity index (χ1) is 11.3. The number of ether oxygens (including phenoxy) is 1. The number of nitrogens with zero attached hydrogens (tertiary/aromatic N) is 1. The van der Waals surface area contributed by atoms with Crippen LogP contribution in [0.2, 0.25) is 0 Å². The van der Waals surface area contributed by atoms with Crippen molar-refractivity contribution in [1.82, 2.24) is 4.98 Å². The highest BCUT2D eigenvalue weighted by Gasteiger charge is 2.12. The summed E-state index contributed by atoms with van der Waals surface area (Å²) >= 11 is 0. The summed E-state index contributed by atoms with van der Waals surface area (Å²) in [4.78, 5) is 3.94. The number of nitrogens with two attached hydrogens (primary N) is 1. The molecule has 0 fully saturated rings. The molecule has 1 heterocycles. The standard InChI is InChI=1S/C19H16N2O2/c1-22-18-11-17(20)15(10-16(18)19-12-21-13-23-19)9-5-8-14-6-3-2-4-7-14/h2-4,6-7,10-13H,8,20H2,1H3. The molecule has 0 unspecified atom stereocenters. The first-order valence-corrected chi connectivity index (χ1v) is 7.17. The predicted octanol–water partition coefficient (Wildman–Crippen LogP) is 3.53. The lowest BCUT2D eigenvalue weighted by Crippen LogP contribution is -1.95. The molecule has 0 spiro atoms. The Balaban J connectivity index is 1.92. The summed E-state index contributed by atoms with van der Waals surface area (Å²) in [7, 11) is 1.59. The minimum absolute atomic E-state index is 0.575. The number of hydrogen-bond donors (Lipinski definition) is 1. The molecule has 0 aliphatic heterocycles. The van der Waals surface area contributed by atoms with Crippen LogP contribution >= 0.6 is 0 Å². The molecule has 4 heteroatoms. The molecule has 0 aliphatic carbocycles. The maximum absolute atomic E-state index is 6.07. The zero-order valence-electron chi connectivity index (χ0n) is 12.7. The second kappa shape index (κ2) is 6.71. The molecule has 0 atom stereocenters. The van der Waals surface area contributed by atoms with E-state index in [0.29, 0.717) is 23.6 Å². The third kappa shape index (κ3) is 3.35. The maximum Gasteiger partial charge on any atom is 0.181 e. The van der Waals surface area contributed by atoms with Crippen molar-refractivity contribution >= 4 is 5.69 Å². The van der Waals surface area contributed by atoms with Gasteiger partial charge in [-0.3, -0.25) is 0 Å². The second-order valence-electron chi connectivity index (χ2n) is 4.97. The summed E-state index contributed by atoms with van der Waals surface area (Å²) in [5, 5.41) is 0. The molecule has 4 nitrogen and oxygen atoms in total. The maximum atomic E-state index is 6.07. The van der Waals surface area contributed by atoms with Gasteiger partial charge in [0.2, 0.25) is 0 Å². The lowest BCUT2D eigenvalue weighted by atomic mass is 10.1. The normalized spacial score (nSPS) is 9.96. The van der Waals surface area contributed by atoms with Gasteiger partial charge in [0.1, 0.15) is 5.75 Å². The summed E-state index contributed by atoms with van der Waals surface area (Å²) in [6.07, 6.45) is 3.69. The van der Waals surface area contributed by atoms with Gasteiger partial charge in [0.15, 0.2) is 12.2 Å². The lowest BCUT2D eigenvalue weighted by Gasteiger charge is -2.08. The summed E-state index contributed by atoms with van der Waals surface area (Å²) < 4.78 is 10.7. The first-order valence-electron chi connectivity index (χ1n) is 7.17. The minimum atomic E-state index is 0.575. The molecule has 0 bridgehead atoms. The summed E-state index contributed by atoms with van der Waals surface area (Å²) in [5.74, 6) is 7.52. The van der Waals surface area contributed by atoms with E-state index in [1.165, 1.54) is 12.0 Å². The van der Waals surface area contributed by atoms with Gasteiger partial charge >= 0.3 is 0 Å². The predicted molar refractivity (Wildman–Crippen MR) is 89.9 cm³/mol. The number of methoxy groups -OCH3 is 1. The fourth-order valence-electron chi connectivity index (χ4n) is 2.25. The van der Waals surface area contributed by atoms with Crippen LogP contribution in [-0.4, -0.2) is 12.1 Å². The van der Waals surface area contributed by atoms with E-state index in [9.17, 15) is 0 Å². The third-order valence-corrected chi connectivity index (χ3v) is 3.43. The molecular weight excluding hydrogens is 288 g/mol.